The summed E-state index contributed by atoms with van der Waals surface area (Å²) in [6, 6.07) is 17.9. The second-order valence-electron chi connectivity index (χ2n) is 7.52. The Bertz CT molecular complexity index is 840. The Morgan fingerprint density at radius 3 is 2.41 bits per heavy atom. The van der Waals surface area contributed by atoms with E-state index in [1.54, 1.807) is 6.92 Å². The first-order valence-corrected chi connectivity index (χ1v) is 10.4. The van der Waals surface area contributed by atoms with Gasteiger partial charge in [-0.05, 0) is 55.7 Å². The molecule has 4 heteroatoms. The Hall–Kier alpha value is -2.88. The molecule has 1 atom stereocenters. The van der Waals surface area contributed by atoms with Gasteiger partial charge in [0.2, 0.25) is 0 Å². The number of amides is 1. The van der Waals surface area contributed by atoms with E-state index in [1.807, 2.05) is 54.6 Å². The number of carbonyl (C=O) groups excluding carboxylic acids is 2. The number of hydrogen-bond donors (Lipinski definition) is 1. The number of rotatable bonds is 8. The highest BCUT2D eigenvalue weighted by Crippen LogP contribution is 2.20. The van der Waals surface area contributed by atoms with Crippen molar-refractivity contribution in [1.82, 2.24) is 5.32 Å². The predicted molar refractivity (Wildman–Crippen MR) is 115 cm³/mol. The van der Waals surface area contributed by atoms with Gasteiger partial charge >= 0.3 is 5.97 Å². The van der Waals surface area contributed by atoms with Crippen molar-refractivity contribution in [3.63, 3.8) is 0 Å². The van der Waals surface area contributed by atoms with E-state index in [1.165, 1.54) is 18.4 Å². The molecule has 0 fully saturated rings. The second kappa shape index (κ2) is 10.6. The van der Waals surface area contributed by atoms with Gasteiger partial charge in [-0.3, -0.25) is 9.59 Å². The number of benzene rings is 2. The number of hydrogen-bond acceptors (Lipinski definition) is 3. The average molecular weight is 392 g/mol. The van der Waals surface area contributed by atoms with Crippen LogP contribution in [0.4, 0.5) is 0 Å². The third-order valence-electron chi connectivity index (χ3n) is 5.22. The summed E-state index contributed by atoms with van der Waals surface area (Å²) in [6.45, 7) is 2.21. The molecular weight excluding hydrogens is 362 g/mol. The Balaban J connectivity index is 1.42. The van der Waals surface area contributed by atoms with Gasteiger partial charge in [0.1, 0.15) is 0 Å². The number of ether oxygens (including phenoxy) is 1. The van der Waals surface area contributed by atoms with Crippen molar-refractivity contribution in [3.8, 4) is 11.1 Å². The first kappa shape index (κ1) is 20.8. The number of nitrogens with one attached hydrogen (secondary N) is 1. The second-order valence-corrected chi connectivity index (χ2v) is 7.52. The molecule has 4 nitrogen and oxygen atoms in total. The van der Waals surface area contributed by atoms with E-state index in [4.69, 9.17) is 4.74 Å². The molecular formula is C25H29NO3. The topological polar surface area (TPSA) is 55.4 Å². The Morgan fingerprint density at radius 1 is 1.00 bits per heavy atom. The van der Waals surface area contributed by atoms with E-state index < -0.39 is 12.1 Å². The smallest absolute Gasteiger partial charge is 0.311 e. The van der Waals surface area contributed by atoms with Crippen molar-refractivity contribution in [2.45, 2.75) is 51.6 Å². The molecule has 1 aliphatic rings. The van der Waals surface area contributed by atoms with Gasteiger partial charge in [-0.2, -0.15) is 0 Å². The fourth-order valence-electron chi connectivity index (χ4n) is 3.53. The van der Waals surface area contributed by atoms with Crippen LogP contribution in [0.25, 0.3) is 11.1 Å². The van der Waals surface area contributed by atoms with Gasteiger partial charge in [0.05, 0.1) is 6.42 Å². The maximum absolute atomic E-state index is 12.2. The van der Waals surface area contributed by atoms with Gasteiger partial charge in [0, 0.05) is 6.54 Å². The van der Waals surface area contributed by atoms with Gasteiger partial charge in [0.25, 0.3) is 5.91 Å². The van der Waals surface area contributed by atoms with E-state index >= 15 is 0 Å². The Labute approximate surface area is 173 Å². The molecule has 3 rings (SSSR count). The third kappa shape index (κ3) is 6.60. The molecule has 0 unspecified atom stereocenters. The number of allylic oxidation sites excluding steroid dienone is 1. The van der Waals surface area contributed by atoms with Crippen molar-refractivity contribution < 1.29 is 14.3 Å². The van der Waals surface area contributed by atoms with Crippen LogP contribution in [0.2, 0.25) is 0 Å². The Morgan fingerprint density at radius 2 is 1.72 bits per heavy atom. The van der Waals surface area contributed by atoms with Gasteiger partial charge < -0.3 is 10.1 Å². The first-order valence-electron chi connectivity index (χ1n) is 10.4. The normalized spacial score (nSPS) is 14.6. The van der Waals surface area contributed by atoms with E-state index in [9.17, 15) is 9.59 Å². The minimum atomic E-state index is -0.786. The van der Waals surface area contributed by atoms with Gasteiger partial charge in [-0.1, -0.05) is 66.2 Å². The van der Waals surface area contributed by atoms with Crippen molar-refractivity contribution in [1.29, 1.82) is 0 Å². The molecule has 0 aliphatic heterocycles. The zero-order valence-corrected chi connectivity index (χ0v) is 17.0. The zero-order valence-electron chi connectivity index (χ0n) is 17.0. The average Bonchev–Trinajstić information content (AvgIpc) is 2.75. The summed E-state index contributed by atoms with van der Waals surface area (Å²) in [7, 11) is 0. The van der Waals surface area contributed by atoms with Gasteiger partial charge in [-0.25, -0.2) is 0 Å². The molecule has 152 valence electrons. The summed E-state index contributed by atoms with van der Waals surface area (Å²) in [5.74, 6) is -0.635. The van der Waals surface area contributed by atoms with E-state index in [-0.39, 0.29) is 12.3 Å². The highest BCUT2D eigenvalue weighted by molar-refractivity contribution is 5.84. The van der Waals surface area contributed by atoms with Crippen molar-refractivity contribution >= 4 is 11.9 Å². The summed E-state index contributed by atoms with van der Waals surface area (Å²) in [6.07, 6.45) is 7.29. The van der Waals surface area contributed by atoms with Crippen LogP contribution in [0.3, 0.4) is 0 Å². The lowest BCUT2D eigenvalue weighted by Gasteiger charge is -2.15. The summed E-state index contributed by atoms with van der Waals surface area (Å²) in [5, 5.41) is 2.87. The molecule has 29 heavy (non-hydrogen) atoms. The first-order chi connectivity index (χ1) is 14.1. The van der Waals surface area contributed by atoms with Crippen LogP contribution in [-0.4, -0.2) is 24.5 Å². The molecule has 0 bridgehead atoms. The maximum Gasteiger partial charge on any atom is 0.311 e. The molecule has 1 N–H and O–H groups in total. The molecule has 0 heterocycles. The number of esters is 1. The Kier molecular flexibility index (Phi) is 7.62. The molecule has 0 aromatic heterocycles. The number of carbonyl (C=O) groups is 2. The third-order valence-corrected chi connectivity index (χ3v) is 5.22. The molecule has 1 amide bonds. The standard InChI is InChI=1S/C25H29NO3/c1-19(25(28)26-17-16-20-8-4-2-5-9-20)29-24(27)18-21-12-14-23(15-13-21)22-10-6-3-7-11-22/h3,6-8,10-15,19H,2,4-5,9,16-18H2,1H3,(H,26,28)/t19-/m1/s1. The zero-order chi connectivity index (χ0) is 20.5. The summed E-state index contributed by atoms with van der Waals surface area (Å²) in [5.41, 5.74) is 4.52. The largest absolute Gasteiger partial charge is 0.452 e. The van der Waals surface area contributed by atoms with Crippen LogP contribution in [0.1, 0.15) is 44.6 Å². The molecule has 0 saturated carbocycles. The van der Waals surface area contributed by atoms with Crippen LogP contribution < -0.4 is 5.32 Å². The summed E-state index contributed by atoms with van der Waals surface area (Å²) >= 11 is 0. The van der Waals surface area contributed by atoms with E-state index in [0.717, 1.165) is 36.0 Å². The monoisotopic (exact) mass is 391 g/mol. The lowest BCUT2D eigenvalue weighted by Crippen LogP contribution is -2.36. The molecule has 0 spiro atoms. The lowest BCUT2D eigenvalue weighted by molar-refractivity contribution is -0.154. The summed E-state index contributed by atoms with van der Waals surface area (Å²) in [4.78, 5) is 24.4. The van der Waals surface area contributed by atoms with Crippen molar-refractivity contribution in [2.24, 2.45) is 0 Å². The van der Waals surface area contributed by atoms with E-state index in [2.05, 4.69) is 11.4 Å². The van der Waals surface area contributed by atoms with Crippen molar-refractivity contribution in [3.05, 3.63) is 71.8 Å². The SMILES string of the molecule is C[C@@H](OC(=O)Cc1ccc(-c2ccccc2)cc1)C(=O)NCCC1=CCCCC1. The van der Waals surface area contributed by atoms with Gasteiger partial charge in [0.15, 0.2) is 6.10 Å². The van der Waals surface area contributed by atoms with Crippen LogP contribution in [0.15, 0.2) is 66.2 Å². The van der Waals surface area contributed by atoms with Crippen LogP contribution >= 0.6 is 0 Å². The lowest BCUT2D eigenvalue weighted by atomic mass is 9.97. The fourth-order valence-corrected chi connectivity index (χ4v) is 3.53. The molecule has 0 radical (unpaired) electrons. The highest BCUT2D eigenvalue weighted by atomic mass is 16.5. The predicted octanol–water partition coefficient (Wildman–Crippen LogP) is 4.83. The highest BCUT2D eigenvalue weighted by Gasteiger charge is 2.18. The van der Waals surface area contributed by atoms with Gasteiger partial charge in [-0.15, -0.1) is 0 Å². The quantitative estimate of drug-likeness (QED) is 0.518. The molecule has 2 aromatic carbocycles. The van der Waals surface area contributed by atoms with Crippen LogP contribution in [0, 0.1) is 0 Å². The maximum atomic E-state index is 12.2. The van der Waals surface area contributed by atoms with Crippen molar-refractivity contribution in [2.75, 3.05) is 6.54 Å². The molecule has 1 aliphatic carbocycles. The van der Waals surface area contributed by atoms with Crippen LogP contribution in [0.5, 0.6) is 0 Å². The molecule has 0 saturated heterocycles. The van der Waals surface area contributed by atoms with Crippen LogP contribution in [-0.2, 0) is 20.7 Å². The van der Waals surface area contributed by atoms with E-state index in [0.29, 0.717) is 6.54 Å². The minimum Gasteiger partial charge on any atom is -0.452 e. The minimum absolute atomic E-state index is 0.152. The molecule has 2 aromatic rings. The fraction of sp³-hybridized carbons (Fsp3) is 0.360. The summed E-state index contributed by atoms with van der Waals surface area (Å²) < 4.78 is 5.31.